The van der Waals surface area contributed by atoms with Gasteiger partial charge in [0.2, 0.25) is 0 Å². The lowest BCUT2D eigenvalue weighted by Crippen LogP contribution is -2.63. The number of hydrogen-bond acceptors (Lipinski definition) is 0. The largest absolute Gasteiger partial charge is 0.416 e. The van der Waals surface area contributed by atoms with Gasteiger partial charge in [-0.05, 0) is 40.2 Å². The minimum Gasteiger partial charge on any atom is -0.169 e. The van der Waals surface area contributed by atoms with Crippen LogP contribution in [0, 0.1) is 5.92 Å². The quantitative estimate of drug-likeness (QED) is 0.265. The first-order chi connectivity index (χ1) is 16.4. The Morgan fingerprint density at radius 2 is 1.33 bits per heavy atom. The predicted molar refractivity (Wildman–Crippen MR) is 124 cm³/mol. The van der Waals surface area contributed by atoms with Gasteiger partial charge in [0.05, 0.1) is 8.07 Å². The number of allylic oxidation sites excluding steroid dienone is 1. The number of hydrogen-bond donors (Lipinski definition) is 0. The van der Waals surface area contributed by atoms with Crippen LogP contribution in [0.1, 0.15) is 48.9 Å². The average Bonchev–Trinajstić information content (AvgIpc) is 3.17. The molecule has 1 heterocycles. The van der Waals surface area contributed by atoms with E-state index in [4.69, 9.17) is 0 Å². The maximum atomic E-state index is 13.6. The Balaban J connectivity index is 1.87. The van der Waals surface area contributed by atoms with E-state index in [1.807, 2.05) is 12.1 Å². The first-order valence-corrected chi connectivity index (χ1v) is 14.7. The summed E-state index contributed by atoms with van der Waals surface area (Å²) in [5.74, 6) is 0.305. The molecule has 2 unspecified atom stereocenters. The molecule has 0 fully saturated rings. The molecular formula is C26H25F9Si. The molecule has 2 aromatic rings. The van der Waals surface area contributed by atoms with Gasteiger partial charge in [-0.3, -0.25) is 0 Å². The van der Waals surface area contributed by atoms with Crippen LogP contribution in [-0.4, -0.2) is 26.6 Å². The minimum absolute atomic E-state index is 0.119. The fourth-order valence-electron chi connectivity index (χ4n) is 6.17. The molecule has 196 valence electrons. The van der Waals surface area contributed by atoms with Crippen LogP contribution in [0.15, 0.2) is 42.0 Å². The fraction of sp³-hybridized carbons (Fsp3) is 0.462. The van der Waals surface area contributed by atoms with E-state index in [1.54, 1.807) is 0 Å². The number of rotatable bonds is 5. The molecule has 2 atom stereocenters. The van der Waals surface area contributed by atoms with Crippen molar-refractivity contribution < 1.29 is 39.5 Å². The lowest BCUT2D eigenvalue weighted by Gasteiger charge is -2.39. The highest BCUT2D eigenvalue weighted by molar-refractivity contribution is 6.94. The summed E-state index contributed by atoms with van der Waals surface area (Å²) in [6.45, 7) is 8.57. The fourth-order valence-corrected chi connectivity index (χ4v) is 10.2. The highest BCUT2D eigenvalue weighted by Crippen LogP contribution is 2.61. The van der Waals surface area contributed by atoms with E-state index < -0.39 is 37.6 Å². The number of fused-ring (bicyclic) bond motifs is 1. The normalized spacial score (nSPS) is 20.0. The second-order valence-electron chi connectivity index (χ2n) is 10.3. The van der Waals surface area contributed by atoms with Crippen molar-refractivity contribution in [1.29, 1.82) is 0 Å². The van der Waals surface area contributed by atoms with Crippen LogP contribution >= 0.6 is 0 Å². The summed E-state index contributed by atoms with van der Waals surface area (Å²) in [6, 6.07) is 6.50. The molecule has 2 aliphatic rings. The van der Waals surface area contributed by atoms with Gasteiger partial charge in [0.25, 0.3) is 5.41 Å². The van der Waals surface area contributed by atoms with E-state index in [0.717, 1.165) is 46.9 Å². The first kappa shape index (κ1) is 26.8. The van der Waals surface area contributed by atoms with Crippen molar-refractivity contribution in [3.8, 4) is 11.1 Å². The zero-order valence-electron chi connectivity index (χ0n) is 20.0. The van der Waals surface area contributed by atoms with Crippen LogP contribution in [0.5, 0.6) is 0 Å². The topological polar surface area (TPSA) is 0 Å². The van der Waals surface area contributed by atoms with Crippen LogP contribution in [-0.2, 0) is 5.41 Å². The number of halogens is 9. The number of benzene rings is 2. The third kappa shape index (κ3) is 3.49. The Kier molecular flexibility index (Phi) is 6.06. The lowest BCUT2D eigenvalue weighted by molar-refractivity contribution is -0.387. The van der Waals surface area contributed by atoms with Gasteiger partial charge in [0.15, 0.2) is 0 Å². The Morgan fingerprint density at radius 1 is 0.806 bits per heavy atom. The molecule has 10 heteroatoms. The summed E-state index contributed by atoms with van der Waals surface area (Å²) < 4.78 is 122. The highest BCUT2D eigenvalue weighted by atomic mass is 28.3. The molecule has 0 N–H and O–H groups in total. The predicted octanol–water partition coefficient (Wildman–Crippen LogP) is 8.66. The maximum Gasteiger partial charge on any atom is 0.416 e. The molecule has 2 aromatic carbocycles. The molecule has 0 radical (unpaired) electrons. The van der Waals surface area contributed by atoms with Crippen molar-refractivity contribution in [3.63, 3.8) is 0 Å². The maximum absolute atomic E-state index is 13.6. The van der Waals surface area contributed by atoms with E-state index in [0.29, 0.717) is 23.6 Å². The zero-order chi connectivity index (χ0) is 27.1. The second kappa shape index (κ2) is 8.13. The molecule has 0 aromatic heterocycles. The molecule has 0 saturated heterocycles. The van der Waals surface area contributed by atoms with Crippen molar-refractivity contribution in [1.82, 2.24) is 0 Å². The smallest absolute Gasteiger partial charge is 0.169 e. The molecule has 0 amide bonds. The van der Waals surface area contributed by atoms with E-state index in [2.05, 4.69) is 33.0 Å². The molecule has 0 saturated carbocycles. The molecule has 1 aliphatic carbocycles. The SMILES string of the molecule is CCCC(C)C1=Cc2ccc3c(-c4ccc(C(C(F)(F)F)(C(F)(F)F)C(F)(F)F)cc4)c2C1[Si]3(C)C. The van der Waals surface area contributed by atoms with E-state index >= 15 is 0 Å². The van der Waals surface area contributed by atoms with Crippen molar-refractivity contribution in [2.75, 3.05) is 0 Å². The summed E-state index contributed by atoms with van der Waals surface area (Å²) in [4.78, 5) is 0. The summed E-state index contributed by atoms with van der Waals surface area (Å²) in [6.07, 6.45) is -15.8. The summed E-state index contributed by atoms with van der Waals surface area (Å²) >= 11 is 0. The third-order valence-corrected chi connectivity index (χ3v) is 11.7. The standard InChI is InChI=1S/C26H25F9Si/c1-5-6-14(2)18-13-16-9-12-19-20(21(16)22(18)36(19,3)4)15-7-10-17(11-8-15)23(24(27,28)29,25(30,31)32)26(33,34)35/h7-14,22H,5-6H2,1-4H3. The molecular weight excluding hydrogens is 511 g/mol. The van der Waals surface area contributed by atoms with Gasteiger partial charge in [-0.2, -0.15) is 39.5 Å². The Morgan fingerprint density at radius 3 is 1.81 bits per heavy atom. The molecule has 0 spiro atoms. The molecule has 2 bridgehead atoms. The molecule has 0 nitrogen and oxygen atoms in total. The van der Waals surface area contributed by atoms with Crippen LogP contribution in [0.3, 0.4) is 0 Å². The first-order valence-electron chi connectivity index (χ1n) is 11.6. The summed E-state index contributed by atoms with van der Waals surface area (Å²) in [5.41, 5.74) is -3.48. The van der Waals surface area contributed by atoms with Gasteiger partial charge < -0.3 is 0 Å². The van der Waals surface area contributed by atoms with E-state index in [9.17, 15) is 39.5 Å². The molecule has 1 aliphatic heterocycles. The molecule has 36 heavy (non-hydrogen) atoms. The Hall–Kier alpha value is -2.23. The van der Waals surface area contributed by atoms with Crippen molar-refractivity contribution >= 4 is 19.3 Å². The van der Waals surface area contributed by atoms with Crippen LogP contribution < -0.4 is 5.19 Å². The van der Waals surface area contributed by atoms with Crippen LogP contribution in [0.25, 0.3) is 17.2 Å². The zero-order valence-corrected chi connectivity index (χ0v) is 21.0. The average molecular weight is 537 g/mol. The van der Waals surface area contributed by atoms with Crippen molar-refractivity contribution in [2.24, 2.45) is 5.92 Å². The highest BCUT2D eigenvalue weighted by Gasteiger charge is 2.84. The Bertz CT molecular complexity index is 1160. The summed E-state index contributed by atoms with van der Waals surface area (Å²) in [5, 5.41) is 1.00. The van der Waals surface area contributed by atoms with Crippen LogP contribution in [0.2, 0.25) is 13.1 Å². The van der Waals surface area contributed by atoms with Crippen molar-refractivity contribution in [2.45, 2.75) is 69.3 Å². The number of alkyl halides is 9. The van der Waals surface area contributed by atoms with E-state index in [1.165, 1.54) is 5.57 Å². The van der Waals surface area contributed by atoms with Gasteiger partial charge >= 0.3 is 18.5 Å². The second-order valence-corrected chi connectivity index (χ2v) is 14.9. The Labute approximate surface area is 204 Å². The van der Waals surface area contributed by atoms with Gasteiger partial charge in [0.1, 0.15) is 0 Å². The van der Waals surface area contributed by atoms with E-state index in [-0.39, 0.29) is 5.54 Å². The summed E-state index contributed by atoms with van der Waals surface area (Å²) in [7, 11) is -2.17. The van der Waals surface area contributed by atoms with Gasteiger partial charge in [-0.15, -0.1) is 0 Å². The van der Waals surface area contributed by atoms with Gasteiger partial charge in [-0.25, -0.2) is 0 Å². The monoisotopic (exact) mass is 536 g/mol. The minimum atomic E-state index is -6.63. The van der Waals surface area contributed by atoms with Crippen LogP contribution in [0.4, 0.5) is 39.5 Å². The van der Waals surface area contributed by atoms with Gasteiger partial charge in [0, 0.05) is 5.54 Å². The third-order valence-electron chi connectivity index (χ3n) is 7.81. The molecule has 4 rings (SSSR count). The lowest BCUT2D eigenvalue weighted by atomic mass is 9.77. The van der Waals surface area contributed by atoms with Gasteiger partial charge in [-0.1, -0.05) is 86.6 Å². The van der Waals surface area contributed by atoms with Crippen molar-refractivity contribution in [3.05, 3.63) is 58.7 Å².